The number of aromatic nitrogens is 1. The highest BCUT2D eigenvalue weighted by atomic mass is 16.5. The minimum atomic E-state index is -0.169. The van der Waals surface area contributed by atoms with Crippen molar-refractivity contribution in [1.29, 1.82) is 0 Å². The second-order valence-electron chi connectivity index (χ2n) is 5.91. The van der Waals surface area contributed by atoms with E-state index in [1.807, 2.05) is 6.07 Å². The Bertz CT molecular complexity index is 399. The van der Waals surface area contributed by atoms with Gasteiger partial charge in [-0.1, -0.05) is 0 Å². The Morgan fingerprint density at radius 2 is 1.82 bits per heavy atom. The van der Waals surface area contributed by atoms with E-state index in [0.717, 1.165) is 24.5 Å². The van der Waals surface area contributed by atoms with Gasteiger partial charge in [-0.15, -0.1) is 0 Å². The fourth-order valence-corrected chi connectivity index (χ4v) is 2.65. The van der Waals surface area contributed by atoms with Crippen molar-refractivity contribution < 1.29 is 4.74 Å². The number of nitrogens with zero attached hydrogens (tertiary/aromatic N) is 2. The molecule has 2 heterocycles. The Hall–Kier alpha value is -1.29. The highest BCUT2D eigenvalue weighted by Gasteiger charge is 2.38. The third-order valence-corrected chi connectivity index (χ3v) is 2.86. The number of anilines is 2. The molecule has 94 valence electrons. The lowest BCUT2D eigenvalue weighted by molar-refractivity contribution is -0.133. The van der Waals surface area contributed by atoms with E-state index < -0.39 is 0 Å². The second-order valence-corrected chi connectivity index (χ2v) is 5.91. The molecule has 1 aliphatic rings. The number of hydrogen-bond donors (Lipinski definition) is 1. The first-order valence-corrected chi connectivity index (χ1v) is 5.94. The van der Waals surface area contributed by atoms with Gasteiger partial charge in [0.25, 0.3) is 0 Å². The van der Waals surface area contributed by atoms with E-state index in [4.69, 9.17) is 10.5 Å². The molecule has 4 heteroatoms. The second kappa shape index (κ2) is 3.88. The molecule has 0 aromatic carbocycles. The van der Waals surface area contributed by atoms with Gasteiger partial charge < -0.3 is 15.4 Å². The molecule has 1 saturated heterocycles. The molecule has 1 aliphatic heterocycles. The van der Waals surface area contributed by atoms with Crippen LogP contribution in [-0.4, -0.2) is 29.3 Å². The lowest BCUT2D eigenvalue weighted by Crippen LogP contribution is -2.57. The van der Waals surface area contributed by atoms with E-state index in [9.17, 15) is 0 Å². The Morgan fingerprint density at radius 1 is 1.24 bits per heavy atom. The van der Waals surface area contributed by atoms with Crippen molar-refractivity contribution in [1.82, 2.24) is 4.98 Å². The molecule has 0 aliphatic carbocycles. The number of hydrogen-bond acceptors (Lipinski definition) is 4. The maximum absolute atomic E-state index is 6.05. The number of rotatable bonds is 1. The number of nitrogens with two attached hydrogens (primary N) is 1. The van der Waals surface area contributed by atoms with Crippen LogP contribution in [0.3, 0.4) is 0 Å². The van der Waals surface area contributed by atoms with E-state index in [1.165, 1.54) is 0 Å². The summed E-state index contributed by atoms with van der Waals surface area (Å²) in [6.07, 6.45) is 3.48. The van der Waals surface area contributed by atoms with E-state index in [2.05, 4.69) is 37.6 Å². The molecule has 0 spiro atoms. The van der Waals surface area contributed by atoms with Gasteiger partial charge in [-0.25, -0.2) is 0 Å². The minimum Gasteiger partial charge on any atom is -0.396 e. The van der Waals surface area contributed by atoms with Crippen LogP contribution in [0, 0.1) is 0 Å². The summed E-state index contributed by atoms with van der Waals surface area (Å²) >= 11 is 0. The summed E-state index contributed by atoms with van der Waals surface area (Å²) in [5, 5.41) is 0. The topological polar surface area (TPSA) is 51.4 Å². The number of ether oxygens (including phenoxy) is 1. The molecule has 2 rings (SSSR count). The molecular formula is C13H21N3O. The van der Waals surface area contributed by atoms with Crippen molar-refractivity contribution in [3.05, 3.63) is 18.5 Å². The third kappa shape index (κ3) is 2.69. The molecule has 0 bridgehead atoms. The highest BCUT2D eigenvalue weighted by Crippen LogP contribution is 2.33. The zero-order chi connectivity index (χ0) is 12.7. The van der Waals surface area contributed by atoms with Crippen LogP contribution in [0.2, 0.25) is 0 Å². The largest absolute Gasteiger partial charge is 0.396 e. The molecule has 0 saturated carbocycles. The predicted octanol–water partition coefficient (Wildman–Crippen LogP) is 2.06. The third-order valence-electron chi connectivity index (χ3n) is 2.86. The molecule has 0 atom stereocenters. The first kappa shape index (κ1) is 12.2. The van der Waals surface area contributed by atoms with Crippen LogP contribution >= 0.6 is 0 Å². The van der Waals surface area contributed by atoms with E-state index in [1.54, 1.807) is 12.4 Å². The summed E-state index contributed by atoms with van der Waals surface area (Å²) in [5.41, 5.74) is 7.41. The quantitative estimate of drug-likeness (QED) is 0.809. The minimum absolute atomic E-state index is 0.169. The Balaban J connectivity index is 2.30. The first-order chi connectivity index (χ1) is 7.79. The van der Waals surface area contributed by atoms with Crippen LogP contribution in [0.1, 0.15) is 27.7 Å². The fraction of sp³-hybridized carbons (Fsp3) is 0.615. The molecule has 0 unspecified atom stereocenters. The van der Waals surface area contributed by atoms with Crippen molar-refractivity contribution in [2.45, 2.75) is 38.9 Å². The zero-order valence-corrected chi connectivity index (χ0v) is 11.0. The molecule has 1 aromatic rings. The first-order valence-electron chi connectivity index (χ1n) is 5.94. The molecule has 17 heavy (non-hydrogen) atoms. The summed E-state index contributed by atoms with van der Waals surface area (Å²) < 4.78 is 6.05. The van der Waals surface area contributed by atoms with Gasteiger partial charge in [-0.3, -0.25) is 4.98 Å². The Kier molecular flexibility index (Phi) is 2.78. The van der Waals surface area contributed by atoms with Crippen LogP contribution < -0.4 is 10.6 Å². The maximum Gasteiger partial charge on any atom is 0.0808 e. The van der Waals surface area contributed by atoms with E-state index in [0.29, 0.717) is 0 Å². The van der Waals surface area contributed by atoms with Crippen LogP contribution in [0.15, 0.2) is 18.5 Å². The normalized spacial score (nSPS) is 22.5. The van der Waals surface area contributed by atoms with Gasteiger partial charge >= 0.3 is 0 Å². The lowest BCUT2D eigenvalue weighted by atomic mass is 9.98. The molecule has 1 aromatic heterocycles. The van der Waals surface area contributed by atoms with Gasteiger partial charge in [0.15, 0.2) is 0 Å². The van der Waals surface area contributed by atoms with Crippen molar-refractivity contribution in [3.8, 4) is 0 Å². The van der Waals surface area contributed by atoms with Gasteiger partial charge in [0.2, 0.25) is 0 Å². The standard InChI is InChI=1S/C13H21N3O/c1-12(2)8-16(9-13(3,4)17-12)11-5-6-15-7-10(11)14/h5-7H,8-9,14H2,1-4H3. The Morgan fingerprint density at radius 3 is 2.35 bits per heavy atom. The summed E-state index contributed by atoms with van der Waals surface area (Å²) in [6, 6.07) is 1.97. The number of pyridine rings is 1. The summed E-state index contributed by atoms with van der Waals surface area (Å²) in [4.78, 5) is 6.31. The van der Waals surface area contributed by atoms with Crippen LogP contribution in [-0.2, 0) is 4.74 Å². The highest BCUT2D eigenvalue weighted by molar-refractivity contribution is 5.66. The number of nitrogen functional groups attached to an aromatic ring is 1. The van der Waals surface area contributed by atoms with Gasteiger partial charge in [-0.2, -0.15) is 0 Å². The van der Waals surface area contributed by atoms with Crippen molar-refractivity contribution in [3.63, 3.8) is 0 Å². The van der Waals surface area contributed by atoms with Gasteiger partial charge in [0.05, 0.1) is 28.8 Å². The number of morpholine rings is 1. The molecular weight excluding hydrogens is 214 g/mol. The SMILES string of the molecule is CC1(C)CN(c2ccncc2N)CC(C)(C)O1. The summed E-state index contributed by atoms with van der Waals surface area (Å²) in [6.45, 7) is 10.1. The smallest absolute Gasteiger partial charge is 0.0808 e. The molecule has 0 amide bonds. The van der Waals surface area contributed by atoms with Crippen molar-refractivity contribution in [2.24, 2.45) is 0 Å². The van der Waals surface area contributed by atoms with E-state index in [-0.39, 0.29) is 11.2 Å². The van der Waals surface area contributed by atoms with Crippen LogP contribution in [0.25, 0.3) is 0 Å². The van der Waals surface area contributed by atoms with Crippen molar-refractivity contribution in [2.75, 3.05) is 23.7 Å². The average molecular weight is 235 g/mol. The van der Waals surface area contributed by atoms with Crippen LogP contribution in [0.5, 0.6) is 0 Å². The van der Waals surface area contributed by atoms with Crippen LogP contribution in [0.4, 0.5) is 11.4 Å². The monoisotopic (exact) mass is 235 g/mol. The van der Waals surface area contributed by atoms with Crippen molar-refractivity contribution >= 4 is 11.4 Å². The lowest BCUT2D eigenvalue weighted by Gasteiger charge is -2.48. The summed E-state index contributed by atoms with van der Waals surface area (Å²) in [7, 11) is 0. The zero-order valence-electron chi connectivity index (χ0n) is 11.0. The predicted molar refractivity (Wildman–Crippen MR) is 70.1 cm³/mol. The Labute approximate surface area is 103 Å². The molecule has 2 N–H and O–H groups in total. The van der Waals surface area contributed by atoms with Gasteiger partial charge in [-0.05, 0) is 33.8 Å². The maximum atomic E-state index is 6.05. The molecule has 4 nitrogen and oxygen atoms in total. The molecule has 0 radical (unpaired) electrons. The van der Waals surface area contributed by atoms with Gasteiger partial charge in [0.1, 0.15) is 0 Å². The summed E-state index contributed by atoms with van der Waals surface area (Å²) in [5.74, 6) is 0. The average Bonchev–Trinajstić information content (AvgIpc) is 2.13. The van der Waals surface area contributed by atoms with E-state index >= 15 is 0 Å². The van der Waals surface area contributed by atoms with Gasteiger partial charge in [0, 0.05) is 19.3 Å². The molecule has 1 fully saturated rings. The fourth-order valence-electron chi connectivity index (χ4n) is 2.65.